The van der Waals surface area contributed by atoms with Gasteiger partial charge in [0.15, 0.2) is 0 Å². The summed E-state index contributed by atoms with van der Waals surface area (Å²) in [6.07, 6.45) is 6.03. The van der Waals surface area contributed by atoms with Gasteiger partial charge >= 0.3 is 0 Å². The Morgan fingerprint density at radius 2 is 1.81 bits per heavy atom. The first-order chi connectivity index (χ1) is 7.49. The van der Waals surface area contributed by atoms with Crippen LogP contribution in [0, 0.1) is 5.92 Å². The highest BCUT2D eigenvalue weighted by Gasteiger charge is 2.18. The number of hydrogen-bond acceptors (Lipinski definition) is 2. The van der Waals surface area contributed by atoms with Gasteiger partial charge in [-0.2, -0.15) is 0 Å². The van der Waals surface area contributed by atoms with Gasteiger partial charge in [-0.15, -0.1) is 0 Å². The van der Waals surface area contributed by atoms with Crippen molar-refractivity contribution < 1.29 is 4.79 Å². The molecule has 1 unspecified atom stereocenters. The molecule has 1 amide bonds. The fourth-order valence-corrected chi connectivity index (χ4v) is 1.59. The number of hydrogen-bond donors (Lipinski definition) is 2. The van der Waals surface area contributed by atoms with Crippen molar-refractivity contribution >= 4 is 5.91 Å². The molecule has 0 aliphatic carbocycles. The lowest BCUT2D eigenvalue weighted by Gasteiger charge is -2.19. The van der Waals surface area contributed by atoms with Crippen LogP contribution >= 0.6 is 0 Å². The van der Waals surface area contributed by atoms with Gasteiger partial charge in [0.05, 0.1) is 6.04 Å². The Morgan fingerprint density at radius 3 is 2.31 bits per heavy atom. The lowest BCUT2D eigenvalue weighted by Crippen LogP contribution is -2.47. The third-order valence-corrected chi connectivity index (χ3v) is 2.90. The van der Waals surface area contributed by atoms with E-state index in [0.29, 0.717) is 0 Å². The van der Waals surface area contributed by atoms with E-state index in [9.17, 15) is 4.79 Å². The van der Waals surface area contributed by atoms with Crippen molar-refractivity contribution in [2.75, 3.05) is 0 Å². The lowest BCUT2D eigenvalue weighted by molar-refractivity contribution is -0.123. The van der Waals surface area contributed by atoms with E-state index in [0.717, 1.165) is 6.42 Å². The van der Waals surface area contributed by atoms with Crippen LogP contribution in [0.3, 0.4) is 0 Å². The first kappa shape index (κ1) is 15.4. The van der Waals surface area contributed by atoms with Crippen molar-refractivity contribution in [2.24, 2.45) is 11.7 Å². The number of rotatable bonds is 8. The van der Waals surface area contributed by atoms with Crippen LogP contribution in [0.4, 0.5) is 0 Å². The summed E-state index contributed by atoms with van der Waals surface area (Å²) in [6, 6.07) is -0.132. The highest BCUT2D eigenvalue weighted by molar-refractivity contribution is 5.81. The Balaban J connectivity index is 3.69. The van der Waals surface area contributed by atoms with E-state index < -0.39 is 0 Å². The fraction of sp³-hybridized carbons (Fsp3) is 0.923. The molecule has 0 aromatic heterocycles. The van der Waals surface area contributed by atoms with Crippen molar-refractivity contribution in [1.29, 1.82) is 0 Å². The first-order valence-electron chi connectivity index (χ1n) is 6.55. The minimum atomic E-state index is -0.377. The van der Waals surface area contributed by atoms with E-state index in [2.05, 4.69) is 19.2 Å². The fourth-order valence-electron chi connectivity index (χ4n) is 1.59. The predicted octanol–water partition coefficient (Wildman–Crippen LogP) is 2.44. The van der Waals surface area contributed by atoms with Crippen molar-refractivity contribution in [1.82, 2.24) is 5.32 Å². The summed E-state index contributed by atoms with van der Waals surface area (Å²) in [6.45, 7) is 8.19. The summed E-state index contributed by atoms with van der Waals surface area (Å²) in [7, 11) is 0. The number of nitrogens with one attached hydrogen (secondary N) is 1. The number of amides is 1. The maximum atomic E-state index is 11.6. The summed E-state index contributed by atoms with van der Waals surface area (Å²) >= 11 is 0. The number of carbonyl (C=O) groups is 1. The Morgan fingerprint density at radius 1 is 1.19 bits per heavy atom. The average Bonchev–Trinajstić information content (AvgIpc) is 2.23. The molecule has 0 fully saturated rings. The highest BCUT2D eigenvalue weighted by Crippen LogP contribution is 2.06. The Hall–Kier alpha value is -0.570. The third kappa shape index (κ3) is 6.83. The third-order valence-electron chi connectivity index (χ3n) is 2.90. The second kappa shape index (κ2) is 8.57. The van der Waals surface area contributed by atoms with Gasteiger partial charge in [-0.1, -0.05) is 46.5 Å². The normalized spacial score (nSPS) is 14.9. The van der Waals surface area contributed by atoms with Crippen molar-refractivity contribution in [3.8, 4) is 0 Å². The van der Waals surface area contributed by atoms with Crippen LogP contribution in [0.1, 0.15) is 59.8 Å². The van der Waals surface area contributed by atoms with Crippen molar-refractivity contribution in [3.05, 3.63) is 0 Å². The second-order valence-corrected chi connectivity index (χ2v) is 5.03. The van der Waals surface area contributed by atoms with Crippen LogP contribution < -0.4 is 11.1 Å². The molecule has 0 aromatic carbocycles. The number of carbonyl (C=O) groups excluding carboxylic acids is 1. The molecular weight excluding hydrogens is 200 g/mol. The predicted molar refractivity (Wildman–Crippen MR) is 69.2 cm³/mol. The molecule has 0 saturated heterocycles. The van der Waals surface area contributed by atoms with Gasteiger partial charge in [0.2, 0.25) is 5.91 Å². The first-order valence-corrected chi connectivity index (χ1v) is 6.55. The molecule has 0 bridgehead atoms. The van der Waals surface area contributed by atoms with E-state index in [-0.39, 0.29) is 23.9 Å². The van der Waals surface area contributed by atoms with Crippen LogP contribution in [-0.2, 0) is 4.79 Å². The molecule has 0 heterocycles. The zero-order valence-corrected chi connectivity index (χ0v) is 11.3. The molecular formula is C13H28N2O. The molecule has 0 radical (unpaired) electrons. The zero-order chi connectivity index (χ0) is 12.6. The van der Waals surface area contributed by atoms with Crippen molar-refractivity contribution in [3.63, 3.8) is 0 Å². The molecule has 3 nitrogen and oxygen atoms in total. The molecule has 3 N–H and O–H groups in total. The van der Waals surface area contributed by atoms with Crippen LogP contribution in [0.15, 0.2) is 0 Å². The van der Waals surface area contributed by atoms with E-state index in [1.807, 2.05) is 13.8 Å². The summed E-state index contributed by atoms with van der Waals surface area (Å²) in [4.78, 5) is 11.6. The van der Waals surface area contributed by atoms with Crippen LogP contribution in [0.5, 0.6) is 0 Å². The van der Waals surface area contributed by atoms with Crippen LogP contribution in [0.25, 0.3) is 0 Å². The maximum absolute atomic E-state index is 11.6. The summed E-state index contributed by atoms with van der Waals surface area (Å²) in [5.41, 5.74) is 5.77. The molecule has 96 valence electrons. The van der Waals surface area contributed by atoms with Gasteiger partial charge in [-0.05, 0) is 19.3 Å². The van der Waals surface area contributed by atoms with Gasteiger partial charge in [0.25, 0.3) is 0 Å². The minimum Gasteiger partial charge on any atom is -0.352 e. The summed E-state index contributed by atoms with van der Waals surface area (Å²) in [5.74, 6) is 0.185. The van der Waals surface area contributed by atoms with Gasteiger partial charge in [0.1, 0.15) is 0 Å². The van der Waals surface area contributed by atoms with Gasteiger partial charge in [0, 0.05) is 6.04 Å². The topological polar surface area (TPSA) is 55.1 Å². The Labute approximate surface area is 100 Å². The molecule has 0 spiro atoms. The Kier molecular flexibility index (Phi) is 8.26. The quantitative estimate of drug-likeness (QED) is 0.627. The molecule has 0 aliphatic rings. The molecule has 0 aliphatic heterocycles. The zero-order valence-electron chi connectivity index (χ0n) is 11.3. The summed E-state index contributed by atoms with van der Waals surface area (Å²) in [5, 5.41) is 2.97. The van der Waals surface area contributed by atoms with Gasteiger partial charge < -0.3 is 11.1 Å². The van der Waals surface area contributed by atoms with E-state index in [1.54, 1.807) is 0 Å². The van der Waals surface area contributed by atoms with Crippen LogP contribution in [-0.4, -0.2) is 18.0 Å². The SMILES string of the molecule is CCCCCCC(C)NC(=O)[C@H](N)C(C)C. The lowest BCUT2D eigenvalue weighted by atomic mass is 10.0. The Bertz CT molecular complexity index is 192. The van der Waals surface area contributed by atoms with Crippen LogP contribution in [0.2, 0.25) is 0 Å². The summed E-state index contributed by atoms with van der Waals surface area (Å²) < 4.78 is 0. The van der Waals surface area contributed by atoms with Crippen molar-refractivity contribution in [2.45, 2.75) is 71.9 Å². The molecule has 0 aromatic rings. The maximum Gasteiger partial charge on any atom is 0.237 e. The standard InChI is InChI=1S/C13H28N2O/c1-5-6-7-8-9-11(4)15-13(16)12(14)10(2)3/h10-12H,5-9,14H2,1-4H3,(H,15,16)/t11?,12-/m1/s1. The van der Waals surface area contributed by atoms with E-state index in [1.165, 1.54) is 25.7 Å². The monoisotopic (exact) mass is 228 g/mol. The van der Waals surface area contributed by atoms with E-state index >= 15 is 0 Å². The molecule has 16 heavy (non-hydrogen) atoms. The molecule has 0 rings (SSSR count). The second-order valence-electron chi connectivity index (χ2n) is 5.03. The molecule has 3 heteroatoms. The highest BCUT2D eigenvalue weighted by atomic mass is 16.2. The van der Waals surface area contributed by atoms with Gasteiger partial charge in [-0.25, -0.2) is 0 Å². The average molecular weight is 228 g/mol. The largest absolute Gasteiger partial charge is 0.352 e. The van der Waals surface area contributed by atoms with Gasteiger partial charge in [-0.3, -0.25) is 4.79 Å². The minimum absolute atomic E-state index is 0.0157. The molecule has 0 saturated carbocycles. The smallest absolute Gasteiger partial charge is 0.237 e. The molecule has 2 atom stereocenters. The van der Waals surface area contributed by atoms with E-state index in [4.69, 9.17) is 5.73 Å². The number of nitrogens with two attached hydrogens (primary N) is 1. The number of unbranched alkanes of at least 4 members (excludes halogenated alkanes) is 3.